The van der Waals surface area contributed by atoms with Gasteiger partial charge in [0.05, 0.1) is 25.2 Å². The summed E-state index contributed by atoms with van der Waals surface area (Å²) in [5.41, 5.74) is 1.91. The molecule has 0 amide bonds. The number of ether oxygens (including phenoxy) is 4. The molecule has 1 aromatic rings. The third-order valence-corrected chi connectivity index (χ3v) is 4.64. The third kappa shape index (κ3) is 2.56. The third-order valence-electron chi connectivity index (χ3n) is 3.90. The summed E-state index contributed by atoms with van der Waals surface area (Å²) in [6.45, 7) is 6.77. The zero-order valence-electron chi connectivity index (χ0n) is 12.9. The van der Waals surface area contributed by atoms with Crippen molar-refractivity contribution in [2.75, 3.05) is 19.0 Å². The van der Waals surface area contributed by atoms with Crippen LogP contribution in [-0.4, -0.2) is 30.8 Å². The molecular weight excluding hydrogens is 336 g/mol. The SMILES string of the molecule is COc1cc(C2(CBr)OCC(C)O2)cc2c1OC(C)(C)C2. The Morgan fingerprint density at radius 1 is 1.38 bits per heavy atom. The molecular formula is C16H21BrO4. The molecule has 2 heterocycles. The summed E-state index contributed by atoms with van der Waals surface area (Å²) >= 11 is 3.53. The number of alkyl halides is 1. The van der Waals surface area contributed by atoms with Gasteiger partial charge in [0, 0.05) is 17.5 Å². The molecule has 5 heteroatoms. The first-order valence-electron chi connectivity index (χ1n) is 7.17. The van der Waals surface area contributed by atoms with Gasteiger partial charge in [-0.3, -0.25) is 0 Å². The summed E-state index contributed by atoms with van der Waals surface area (Å²) in [6, 6.07) is 4.07. The Morgan fingerprint density at radius 3 is 2.71 bits per heavy atom. The molecule has 1 aromatic carbocycles. The normalized spacial score (nSPS) is 30.0. The van der Waals surface area contributed by atoms with E-state index in [9.17, 15) is 0 Å². The molecule has 0 aliphatic carbocycles. The zero-order valence-corrected chi connectivity index (χ0v) is 14.5. The van der Waals surface area contributed by atoms with Crippen LogP contribution < -0.4 is 9.47 Å². The molecule has 0 N–H and O–H groups in total. The number of rotatable bonds is 3. The van der Waals surface area contributed by atoms with Gasteiger partial charge in [-0.15, -0.1) is 0 Å². The molecule has 0 aromatic heterocycles. The van der Waals surface area contributed by atoms with E-state index < -0.39 is 5.79 Å². The van der Waals surface area contributed by atoms with Gasteiger partial charge in [-0.05, 0) is 32.9 Å². The smallest absolute Gasteiger partial charge is 0.205 e. The highest BCUT2D eigenvalue weighted by Gasteiger charge is 2.43. The van der Waals surface area contributed by atoms with E-state index in [0.29, 0.717) is 11.9 Å². The van der Waals surface area contributed by atoms with Crippen LogP contribution in [0.5, 0.6) is 11.5 Å². The lowest BCUT2D eigenvalue weighted by Crippen LogP contribution is -2.30. The maximum Gasteiger partial charge on any atom is 0.205 e. The van der Waals surface area contributed by atoms with Gasteiger partial charge in [0.2, 0.25) is 5.79 Å². The predicted molar refractivity (Wildman–Crippen MR) is 83.4 cm³/mol. The van der Waals surface area contributed by atoms with Crippen LogP contribution in [0.1, 0.15) is 31.9 Å². The number of methoxy groups -OCH3 is 1. The van der Waals surface area contributed by atoms with Gasteiger partial charge < -0.3 is 18.9 Å². The van der Waals surface area contributed by atoms with E-state index in [-0.39, 0.29) is 11.7 Å². The van der Waals surface area contributed by atoms with Gasteiger partial charge in [-0.25, -0.2) is 0 Å². The Balaban J connectivity index is 2.06. The Kier molecular flexibility index (Phi) is 3.71. The Hall–Kier alpha value is -0.780. The molecule has 0 saturated carbocycles. The first-order valence-corrected chi connectivity index (χ1v) is 8.29. The van der Waals surface area contributed by atoms with Crippen LogP contribution in [-0.2, 0) is 21.7 Å². The standard InChI is InChI=1S/C16H21BrO4/c1-10-8-19-16(9-17,20-10)12-5-11-7-15(2,3)21-14(11)13(6-12)18-4/h5-6,10H,7-9H2,1-4H3. The molecule has 3 rings (SSSR count). The second kappa shape index (κ2) is 5.14. The molecule has 116 valence electrons. The van der Waals surface area contributed by atoms with Crippen LogP contribution in [0.3, 0.4) is 0 Å². The zero-order chi connectivity index (χ0) is 15.3. The Bertz CT molecular complexity index is 557. The highest BCUT2D eigenvalue weighted by atomic mass is 79.9. The molecule has 0 spiro atoms. The highest BCUT2D eigenvalue weighted by molar-refractivity contribution is 9.09. The molecule has 0 bridgehead atoms. The Morgan fingerprint density at radius 2 is 2.14 bits per heavy atom. The lowest BCUT2D eigenvalue weighted by atomic mass is 9.97. The summed E-state index contributed by atoms with van der Waals surface area (Å²) in [6.07, 6.45) is 0.926. The van der Waals surface area contributed by atoms with Crippen molar-refractivity contribution in [2.24, 2.45) is 0 Å². The maximum absolute atomic E-state index is 6.03. The van der Waals surface area contributed by atoms with Crippen LogP contribution in [0, 0.1) is 0 Å². The summed E-state index contributed by atoms with van der Waals surface area (Å²) < 4.78 is 23.5. The quantitative estimate of drug-likeness (QED) is 0.777. The molecule has 2 aliphatic rings. The highest BCUT2D eigenvalue weighted by Crippen LogP contribution is 2.46. The average Bonchev–Trinajstić information content (AvgIpc) is 2.96. The van der Waals surface area contributed by atoms with Crippen LogP contribution in [0.15, 0.2) is 12.1 Å². The summed E-state index contributed by atoms with van der Waals surface area (Å²) in [4.78, 5) is 0. The van der Waals surface area contributed by atoms with E-state index in [0.717, 1.165) is 29.0 Å². The summed E-state index contributed by atoms with van der Waals surface area (Å²) in [7, 11) is 1.66. The van der Waals surface area contributed by atoms with Gasteiger partial charge in [-0.1, -0.05) is 15.9 Å². The van der Waals surface area contributed by atoms with E-state index in [2.05, 4.69) is 35.8 Å². The molecule has 1 fully saturated rings. The topological polar surface area (TPSA) is 36.9 Å². The summed E-state index contributed by atoms with van der Waals surface area (Å²) in [5.74, 6) is 0.830. The molecule has 4 nitrogen and oxygen atoms in total. The van der Waals surface area contributed by atoms with Crippen molar-refractivity contribution in [1.29, 1.82) is 0 Å². The predicted octanol–water partition coefficient (Wildman–Crippen LogP) is 3.39. The van der Waals surface area contributed by atoms with Crippen LogP contribution >= 0.6 is 15.9 Å². The monoisotopic (exact) mass is 356 g/mol. The number of benzene rings is 1. The fourth-order valence-electron chi connectivity index (χ4n) is 2.99. The van der Waals surface area contributed by atoms with Crippen molar-refractivity contribution in [3.8, 4) is 11.5 Å². The molecule has 1 saturated heterocycles. The van der Waals surface area contributed by atoms with Crippen molar-refractivity contribution in [2.45, 2.75) is 44.7 Å². The van der Waals surface area contributed by atoms with E-state index in [1.54, 1.807) is 7.11 Å². The lowest BCUT2D eigenvalue weighted by molar-refractivity contribution is -0.154. The fourth-order valence-corrected chi connectivity index (χ4v) is 3.61. The first kappa shape index (κ1) is 15.1. The minimum absolute atomic E-state index is 0.0782. The van der Waals surface area contributed by atoms with E-state index >= 15 is 0 Å². The summed E-state index contributed by atoms with van der Waals surface area (Å²) in [5, 5.41) is 0.580. The van der Waals surface area contributed by atoms with Crippen molar-refractivity contribution < 1.29 is 18.9 Å². The van der Waals surface area contributed by atoms with Crippen LogP contribution in [0.25, 0.3) is 0 Å². The lowest BCUT2D eigenvalue weighted by Gasteiger charge is -2.27. The van der Waals surface area contributed by atoms with Crippen molar-refractivity contribution in [3.63, 3.8) is 0 Å². The number of hydrogen-bond donors (Lipinski definition) is 0. The van der Waals surface area contributed by atoms with E-state index in [4.69, 9.17) is 18.9 Å². The molecule has 0 radical (unpaired) electrons. The molecule has 2 atom stereocenters. The van der Waals surface area contributed by atoms with Crippen LogP contribution in [0.2, 0.25) is 0 Å². The van der Waals surface area contributed by atoms with E-state index in [1.165, 1.54) is 0 Å². The minimum atomic E-state index is -0.742. The number of hydrogen-bond acceptors (Lipinski definition) is 4. The number of fused-ring (bicyclic) bond motifs is 1. The van der Waals surface area contributed by atoms with Gasteiger partial charge in [0.15, 0.2) is 11.5 Å². The number of halogens is 1. The fraction of sp³-hybridized carbons (Fsp3) is 0.625. The maximum atomic E-state index is 6.03. The molecule has 21 heavy (non-hydrogen) atoms. The molecule has 2 unspecified atom stereocenters. The molecule has 2 aliphatic heterocycles. The Labute approximate surface area is 133 Å². The average molecular weight is 357 g/mol. The van der Waals surface area contributed by atoms with Crippen LogP contribution in [0.4, 0.5) is 0 Å². The van der Waals surface area contributed by atoms with Crippen molar-refractivity contribution in [3.05, 3.63) is 23.3 Å². The van der Waals surface area contributed by atoms with Gasteiger partial charge in [-0.2, -0.15) is 0 Å². The van der Waals surface area contributed by atoms with Gasteiger partial charge >= 0.3 is 0 Å². The largest absolute Gasteiger partial charge is 0.493 e. The second-order valence-corrected chi connectivity index (χ2v) is 6.89. The minimum Gasteiger partial charge on any atom is -0.493 e. The van der Waals surface area contributed by atoms with Gasteiger partial charge in [0.25, 0.3) is 0 Å². The first-order chi connectivity index (χ1) is 9.89. The van der Waals surface area contributed by atoms with Crippen molar-refractivity contribution >= 4 is 15.9 Å². The van der Waals surface area contributed by atoms with Crippen molar-refractivity contribution in [1.82, 2.24) is 0 Å². The van der Waals surface area contributed by atoms with E-state index in [1.807, 2.05) is 13.0 Å². The second-order valence-electron chi connectivity index (χ2n) is 6.33. The van der Waals surface area contributed by atoms with Gasteiger partial charge in [0.1, 0.15) is 5.60 Å².